The van der Waals surface area contributed by atoms with Crippen LogP contribution in [0.15, 0.2) is 17.5 Å². The zero-order chi connectivity index (χ0) is 9.80. The smallest absolute Gasteiger partial charge is 0.0338 e. The summed E-state index contributed by atoms with van der Waals surface area (Å²) in [7, 11) is 0. The van der Waals surface area contributed by atoms with Crippen molar-refractivity contribution in [2.24, 2.45) is 5.92 Å². The van der Waals surface area contributed by atoms with Gasteiger partial charge in [0.1, 0.15) is 0 Å². The first-order valence-corrected chi connectivity index (χ1v) is 6.82. The number of rotatable bonds is 3. The van der Waals surface area contributed by atoms with Crippen molar-refractivity contribution >= 4 is 22.9 Å². The Bertz CT molecular complexity index is 255. The molecule has 2 rings (SSSR count). The predicted molar refractivity (Wildman–Crippen MR) is 64.2 cm³/mol. The topological polar surface area (TPSA) is 0 Å². The van der Waals surface area contributed by atoms with Crippen LogP contribution in [0.5, 0.6) is 0 Å². The van der Waals surface area contributed by atoms with Gasteiger partial charge in [0.25, 0.3) is 0 Å². The summed E-state index contributed by atoms with van der Waals surface area (Å²) in [6.07, 6.45) is 7.80. The summed E-state index contributed by atoms with van der Waals surface area (Å²) in [5.74, 6) is 0.883. The first kappa shape index (κ1) is 10.5. The lowest BCUT2D eigenvalue weighted by Crippen LogP contribution is -2.15. The zero-order valence-corrected chi connectivity index (χ0v) is 9.99. The molecule has 1 saturated carbocycles. The molecular weight excluding hydrogens is 212 g/mol. The fraction of sp³-hybridized carbons (Fsp3) is 0.667. The van der Waals surface area contributed by atoms with Crippen molar-refractivity contribution in [3.8, 4) is 0 Å². The molecule has 0 nitrogen and oxygen atoms in total. The van der Waals surface area contributed by atoms with Gasteiger partial charge in [-0.25, -0.2) is 0 Å². The molecule has 0 bridgehead atoms. The van der Waals surface area contributed by atoms with Crippen LogP contribution in [0, 0.1) is 5.92 Å². The molecule has 1 aromatic rings. The molecule has 1 aliphatic rings. The number of alkyl halides is 1. The van der Waals surface area contributed by atoms with Crippen LogP contribution in [-0.2, 0) is 6.42 Å². The SMILES string of the molecule is ClC1CCCC(CCc2cccs2)C1. The Morgan fingerprint density at radius 1 is 1.43 bits per heavy atom. The summed E-state index contributed by atoms with van der Waals surface area (Å²) < 4.78 is 0. The fourth-order valence-electron chi connectivity index (χ4n) is 2.29. The van der Waals surface area contributed by atoms with Crippen LogP contribution in [0.1, 0.15) is 37.0 Å². The summed E-state index contributed by atoms with van der Waals surface area (Å²) in [5, 5.41) is 2.62. The molecule has 0 saturated heterocycles. The van der Waals surface area contributed by atoms with E-state index >= 15 is 0 Å². The van der Waals surface area contributed by atoms with Gasteiger partial charge in [-0.15, -0.1) is 22.9 Å². The first-order chi connectivity index (χ1) is 6.84. The molecule has 1 aromatic heterocycles. The molecule has 14 heavy (non-hydrogen) atoms. The Hall–Kier alpha value is -0.0100. The summed E-state index contributed by atoms with van der Waals surface area (Å²) >= 11 is 8.05. The largest absolute Gasteiger partial charge is 0.149 e. The van der Waals surface area contributed by atoms with E-state index in [1.807, 2.05) is 11.3 Å². The van der Waals surface area contributed by atoms with Crippen LogP contribution in [0.2, 0.25) is 0 Å². The van der Waals surface area contributed by atoms with E-state index in [-0.39, 0.29) is 0 Å². The normalized spacial score (nSPS) is 27.8. The molecule has 1 heterocycles. The lowest BCUT2D eigenvalue weighted by atomic mass is 9.85. The number of thiophene rings is 1. The molecule has 0 N–H and O–H groups in total. The highest BCUT2D eigenvalue weighted by Crippen LogP contribution is 2.31. The minimum atomic E-state index is 0.456. The van der Waals surface area contributed by atoms with Gasteiger partial charge in [-0.3, -0.25) is 0 Å². The average Bonchev–Trinajstić information content (AvgIpc) is 2.67. The van der Waals surface area contributed by atoms with E-state index in [9.17, 15) is 0 Å². The average molecular weight is 229 g/mol. The lowest BCUT2D eigenvalue weighted by molar-refractivity contribution is 0.344. The summed E-state index contributed by atoms with van der Waals surface area (Å²) in [6, 6.07) is 4.39. The van der Waals surface area contributed by atoms with Gasteiger partial charge in [0.05, 0.1) is 0 Å². The van der Waals surface area contributed by atoms with Crippen LogP contribution in [0.4, 0.5) is 0 Å². The van der Waals surface area contributed by atoms with Crippen molar-refractivity contribution in [2.75, 3.05) is 0 Å². The minimum Gasteiger partial charge on any atom is -0.149 e. The van der Waals surface area contributed by atoms with Crippen LogP contribution in [-0.4, -0.2) is 5.38 Å². The maximum absolute atomic E-state index is 6.17. The van der Waals surface area contributed by atoms with E-state index in [1.165, 1.54) is 43.4 Å². The molecule has 78 valence electrons. The predicted octanol–water partition coefficient (Wildman–Crippen LogP) is 4.48. The van der Waals surface area contributed by atoms with Crippen molar-refractivity contribution < 1.29 is 0 Å². The molecule has 0 aliphatic heterocycles. The van der Waals surface area contributed by atoms with E-state index in [0.717, 1.165) is 5.92 Å². The Labute approximate surface area is 95.3 Å². The number of halogens is 1. The van der Waals surface area contributed by atoms with E-state index in [2.05, 4.69) is 17.5 Å². The summed E-state index contributed by atoms with van der Waals surface area (Å²) in [6.45, 7) is 0. The third-order valence-electron chi connectivity index (χ3n) is 3.10. The molecule has 0 amide bonds. The molecule has 1 fully saturated rings. The third-order valence-corrected chi connectivity index (χ3v) is 4.43. The molecular formula is C12H17ClS. The van der Waals surface area contributed by atoms with Gasteiger partial charge in [0, 0.05) is 10.3 Å². The van der Waals surface area contributed by atoms with E-state index in [4.69, 9.17) is 11.6 Å². The van der Waals surface area contributed by atoms with Gasteiger partial charge in [-0.05, 0) is 43.0 Å². The standard InChI is InChI=1S/C12H17ClS/c13-11-4-1-3-10(9-11)6-7-12-5-2-8-14-12/h2,5,8,10-11H,1,3-4,6-7,9H2. The Kier molecular flexibility index (Phi) is 3.89. The molecule has 1 aliphatic carbocycles. The van der Waals surface area contributed by atoms with Gasteiger partial charge >= 0.3 is 0 Å². The van der Waals surface area contributed by atoms with Crippen molar-refractivity contribution in [1.82, 2.24) is 0 Å². The maximum Gasteiger partial charge on any atom is 0.0338 e. The number of aryl methyl sites for hydroxylation is 1. The Balaban J connectivity index is 1.75. The first-order valence-electron chi connectivity index (χ1n) is 5.51. The third kappa shape index (κ3) is 2.99. The van der Waals surface area contributed by atoms with Gasteiger partial charge in [-0.2, -0.15) is 0 Å². The number of hydrogen-bond acceptors (Lipinski definition) is 1. The van der Waals surface area contributed by atoms with Gasteiger partial charge in [0.2, 0.25) is 0 Å². The Morgan fingerprint density at radius 2 is 2.36 bits per heavy atom. The van der Waals surface area contributed by atoms with Crippen molar-refractivity contribution in [2.45, 2.75) is 43.9 Å². The van der Waals surface area contributed by atoms with E-state index < -0.39 is 0 Å². The summed E-state index contributed by atoms with van der Waals surface area (Å²) in [5.41, 5.74) is 0. The fourth-order valence-corrected chi connectivity index (χ4v) is 3.42. The van der Waals surface area contributed by atoms with Crippen molar-refractivity contribution in [3.63, 3.8) is 0 Å². The van der Waals surface area contributed by atoms with Crippen molar-refractivity contribution in [3.05, 3.63) is 22.4 Å². The van der Waals surface area contributed by atoms with Crippen LogP contribution >= 0.6 is 22.9 Å². The molecule has 0 aromatic carbocycles. The monoisotopic (exact) mass is 228 g/mol. The molecule has 2 unspecified atom stereocenters. The summed E-state index contributed by atoms with van der Waals surface area (Å²) in [4.78, 5) is 1.53. The number of hydrogen-bond donors (Lipinski definition) is 0. The van der Waals surface area contributed by atoms with Gasteiger partial charge in [0.15, 0.2) is 0 Å². The highest BCUT2D eigenvalue weighted by molar-refractivity contribution is 7.09. The van der Waals surface area contributed by atoms with Gasteiger partial charge < -0.3 is 0 Å². The molecule has 0 radical (unpaired) electrons. The van der Waals surface area contributed by atoms with E-state index in [0.29, 0.717) is 5.38 Å². The van der Waals surface area contributed by atoms with Crippen molar-refractivity contribution in [1.29, 1.82) is 0 Å². The lowest BCUT2D eigenvalue weighted by Gasteiger charge is -2.25. The minimum absolute atomic E-state index is 0.456. The molecule has 0 spiro atoms. The second-order valence-electron chi connectivity index (χ2n) is 4.25. The molecule has 2 atom stereocenters. The van der Waals surface area contributed by atoms with Crippen LogP contribution < -0.4 is 0 Å². The van der Waals surface area contributed by atoms with Crippen LogP contribution in [0.3, 0.4) is 0 Å². The second kappa shape index (κ2) is 5.18. The van der Waals surface area contributed by atoms with Gasteiger partial charge in [-0.1, -0.05) is 18.9 Å². The maximum atomic E-state index is 6.17. The molecule has 2 heteroatoms. The zero-order valence-electron chi connectivity index (χ0n) is 8.42. The highest BCUT2D eigenvalue weighted by Gasteiger charge is 2.19. The van der Waals surface area contributed by atoms with E-state index in [1.54, 1.807) is 0 Å². The Morgan fingerprint density at radius 3 is 3.07 bits per heavy atom. The highest BCUT2D eigenvalue weighted by atomic mass is 35.5. The van der Waals surface area contributed by atoms with Crippen LogP contribution in [0.25, 0.3) is 0 Å². The quantitative estimate of drug-likeness (QED) is 0.670. The second-order valence-corrected chi connectivity index (χ2v) is 5.90.